The van der Waals surface area contributed by atoms with Gasteiger partial charge in [-0.3, -0.25) is 9.69 Å². The summed E-state index contributed by atoms with van der Waals surface area (Å²) in [5, 5.41) is 10.7. The van der Waals surface area contributed by atoms with E-state index in [1.54, 1.807) is 12.1 Å². The first-order chi connectivity index (χ1) is 10.1. The molecule has 2 heterocycles. The second-order valence-electron chi connectivity index (χ2n) is 5.53. The van der Waals surface area contributed by atoms with Gasteiger partial charge in [0.2, 0.25) is 5.88 Å². The molecule has 0 aromatic carbocycles. The third kappa shape index (κ3) is 2.43. The molecule has 1 aliphatic heterocycles. The number of carbonyl (C=O) groups is 2. The Morgan fingerprint density at radius 3 is 2.62 bits per heavy atom. The highest BCUT2D eigenvalue weighted by molar-refractivity contribution is 6.07. The van der Waals surface area contributed by atoms with Gasteiger partial charge in [-0.25, -0.2) is 4.79 Å². The zero-order valence-electron chi connectivity index (χ0n) is 12.0. The maximum Gasteiger partial charge on any atom is 0.325 e. The first-order valence-corrected chi connectivity index (χ1v) is 7.15. The van der Waals surface area contributed by atoms with Crippen molar-refractivity contribution < 1.29 is 14.3 Å². The van der Waals surface area contributed by atoms with E-state index in [4.69, 9.17) is 4.74 Å². The molecule has 0 atom stereocenters. The number of nitrogens with zero attached hydrogens (tertiary/aromatic N) is 3. The van der Waals surface area contributed by atoms with Crippen molar-refractivity contribution in [2.45, 2.75) is 44.2 Å². The number of aromatic nitrogens is 2. The molecule has 1 aromatic heterocycles. The molecular weight excluding hydrogens is 272 g/mol. The molecule has 2 fully saturated rings. The van der Waals surface area contributed by atoms with Gasteiger partial charge in [0.05, 0.1) is 19.3 Å². The highest BCUT2D eigenvalue weighted by atomic mass is 16.5. The van der Waals surface area contributed by atoms with E-state index in [-0.39, 0.29) is 18.5 Å². The second-order valence-corrected chi connectivity index (χ2v) is 5.53. The molecule has 0 unspecified atom stereocenters. The number of amides is 3. The van der Waals surface area contributed by atoms with Gasteiger partial charge in [-0.2, -0.15) is 0 Å². The number of carbonyl (C=O) groups excluding carboxylic acids is 2. The summed E-state index contributed by atoms with van der Waals surface area (Å²) in [7, 11) is 1.51. The average Bonchev–Trinajstić information content (AvgIpc) is 2.73. The minimum Gasteiger partial charge on any atom is -0.480 e. The van der Waals surface area contributed by atoms with E-state index < -0.39 is 5.54 Å². The molecule has 2 aliphatic rings. The van der Waals surface area contributed by atoms with Crippen LogP contribution >= 0.6 is 0 Å². The summed E-state index contributed by atoms with van der Waals surface area (Å²) in [5.41, 5.74) is -0.123. The zero-order valence-corrected chi connectivity index (χ0v) is 12.0. The normalized spacial score (nSPS) is 20.7. The van der Waals surface area contributed by atoms with Crippen LogP contribution in [0.25, 0.3) is 0 Å². The van der Waals surface area contributed by atoms with Crippen molar-refractivity contribution >= 4 is 11.9 Å². The fourth-order valence-corrected chi connectivity index (χ4v) is 3.02. The predicted octanol–water partition coefficient (Wildman–Crippen LogP) is 1.24. The number of ether oxygens (including phenoxy) is 1. The van der Waals surface area contributed by atoms with Crippen molar-refractivity contribution in [1.29, 1.82) is 0 Å². The number of hydrogen-bond donors (Lipinski definition) is 1. The minimum atomic E-state index is -0.685. The fourth-order valence-electron chi connectivity index (χ4n) is 3.02. The van der Waals surface area contributed by atoms with Crippen LogP contribution in [0.4, 0.5) is 4.79 Å². The monoisotopic (exact) mass is 290 g/mol. The van der Waals surface area contributed by atoms with E-state index in [0.29, 0.717) is 11.6 Å². The minimum absolute atomic E-state index is 0.134. The van der Waals surface area contributed by atoms with E-state index >= 15 is 0 Å². The first-order valence-electron chi connectivity index (χ1n) is 7.15. The summed E-state index contributed by atoms with van der Waals surface area (Å²) < 4.78 is 4.94. The van der Waals surface area contributed by atoms with Gasteiger partial charge in [-0.05, 0) is 18.9 Å². The van der Waals surface area contributed by atoms with Crippen LogP contribution in [0.5, 0.6) is 5.88 Å². The van der Waals surface area contributed by atoms with Gasteiger partial charge >= 0.3 is 6.03 Å². The van der Waals surface area contributed by atoms with E-state index in [0.717, 1.165) is 32.1 Å². The van der Waals surface area contributed by atoms with Crippen LogP contribution in [-0.4, -0.2) is 39.7 Å². The molecule has 1 aliphatic carbocycles. The lowest BCUT2D eigenvalue weighted by atomic mass is 9.82. The highest BCUT2D eigenvalue weighted by Gasteiger charge is 2.51. The summed E-state index contributed by atoms with van der Waals surface area (Å²) in [4.78, 5) is 25.9. The summed E-state index contributed by atoms with van der Waals surface area (Å²) in [5.74, 6) is 0.268. The molecule has 1 saturated carbocycles. The van der Waals surface area contributed by atoms with E-state index in [1.165, 1.54) is 12.0 Å². The van der Waals surface area contributed by atoms with Crippen LogP contribution in [0.2, 0.25) is 0 Å². The molecule has 1 saturated heterocycles. The van der Waals surface area contributed by atoms with Gasteiger partial charge in [0.1, 0.15) is 5.54 Å². The van der Waals surface area contributed by atoms with Gasteiger partial charge < -0.3 is 10.1 Å². The maximum absolute atomic E-state index is 12.6. The second kappa shape index (κ2) is 5.31. The molecule has 112 valence electrons. The quantitative estimate of drug-likeness (QED) is 0.847. The summed E-state index contributed by atoms with van der Waals surface area (Å²) in [6, 6.07) is 3.04. The standard InChI is InChI=1S/C14H18N4O3/c1-21-11-6-5-10(16-17-11)9-18-12(19)14(15-13(18)20)7-3-2-4-8-14/h5-6H,2-4,7-9H2,1H3,(H,15,20). The van der Waals surface area contributed by atoms with Crippen LogP contribution < -0.4 is 10.1 Å². The Morgan fingerprint density at radius 1 is 1.24 bits per heavy atom. The predicted molar refractivity (Wildman–Crippen MR) is 73.5 cm³/mol. The third-order valence-electron chi connectivity index (χ3n) is 4.18. The lowest BCUT2D eigenvalue weighted by Crippen LogP contribution is -2.48. The van der Waals surface area contributed by atoms with E-state index in [2.05, 4.69) is 15.5 Å². The molecule has 0 bridgehead atoms. The van der Waals surface area contributed by atoms with Gasteiger partial charge in [-0.15, -0.1) is 10.2 Å². The molecule has 3 amide bonds. The van der Waals surface area contributed by atoms with Crippen LogP contribution in [0.3, 0.4) is 0 Å². The number of methoxy groups -OCH3 is 1. The molecular formula is C14H18N4O3. The number of nitrogens with one attached hydrogen (secondary N) is 1. The van der Waals surface area contributed by atoms with Gasteiger partial charge in [0.25, 0.3) is 5.91 Å². The highest BCUT2D eigenvalue weighted by Crippen LogP contribution is 2.34. The van der Waals surface area contributed by atoms with Crippen molar-refractivity contribution in [3.05, 3.63) is 17.8 Å². The maximum atomic E-state index is 12.6. The van der Waals surface area contributed by atoms with Crippen molar-refractivity contribution in [3.63, 3.8) is 0 Å². The first kappa shape index (κ1) is 13.8. The fraction of sp³-hybridized carbons (Fsp3) is 0.571. The van der Waals surface area contributed by atoms with Gasteiger partial charge in [-0.1, -0.05) is 19.3 Å². The largest absolute Gasteiger partial charge is 0.480 e. The molecule has 7 nitrogen and oxygen atoms in total. The summed E-state index contributed by atoms with van der Waals surface area (Å²) in [6.07, 6.45) is 4.52. The smallest absolute Gasteiger partial charge is 0.325 e. The Labute approximate surface area is 122 Å². The van der Waals surface area contributed by atoms with Crippen molar-refractivity contribution in [3.8, 4) is 5.88 Å². The number of urea groups is 1. The van der Waals surface area contributed by atoms with Crippen molar-refractivity contribution in [1.82, 2.24) is 20.4 Å². The number of hydrogen-bond acceptors (Lipinski definition) is 5. The number of imide groups is 1. The number of rotatable bonds is 3. The van der Waals surface area contributed by atoms with Crippen LogP contribution in [-0.2, 0) is 11.3 Å². The molecule has 7 heteroatoms. The van der Waals surface area contributed by atoms with Gasteiger partial charge in [0.15, 0.2) is 0 Å². The SMILES string of the molecule is COc1ccc(CN2C(=O)NC3(CCCCC3)C2=O)nn1. The van der Waals surface area contributed by atoms with Crippen molar-refractivity contribution in [2.24, 2.45) is 0 Å². The van der Waals surface area contributed by atoms with E-state index in [1.807, 2.05) is 0 Å². The third-order valence-corrected chi connectivity index (χ3v) is 4.18. The van der Waals surface area contributed by atoms with Crippen molar-refractivity contribution in [2.75, 3.05) is 7.11 Å². The Hall–Kier alpha value is -2.18. The summed E-state index contributed by atoms with van der Waals surface area (Å²) in [6.45, 7) is 0.142. The molecule has 3 rings (SSSR count). The molecule has 1 aromatic rings. The van der Waals surface area contributed by atoms with Crippen LogP contribution in [0.1, 0.15) is 37.8 Å². The lowest BCUT2D eigenvalue weighted by molar-refractivity contribution is -0.132. The Morgan fingerprint density at radius 2 is 2.00 bits per heavy atom. The molecule has 1 spiro atoms. The Bertz CT molecular complexity index is 552. The Kier molecular flexibility index (Phi) is 3.48. The molecule has 1 N–H and O–H groups in total. The van der Waals surface area contributed by atoms with Crippen LogP contribution in [0.15, 0.2) is 12.1 Å². The average molecular weight is 290 g/mol. The van der Waals surface area contributed by atoms with Crippen LogP contribution in [0, 0.1) is 0 Å². The zero-order chi connectivity index (χ0) is 14.9. The lowest BCUT2D eigenvalue weighted by Gasteiger charge is -2.30. The summed E-state index contributed by atoms with van der Waals surface area (Å²) >= 11 is 0. The molecule has 0 radical (unpaired) electrons. The van der Waals surface area contributed by atoms with E-state index in [9.17, 15) is 9.59 Å². The molecule has 21 heavy (non-hydrogen) atoms. The van der Waals surface area contributed by atoms with Gasteiger partial charge in [0, 0.05) is 6.07 Å². The Balaban J connectivity index is 1.75. The topological polar surface area (TPSA) is 84.4 Å².